The van der Waals surface area contributed by atoms with Gasteiger partial charge in [0.05, 0.1) is 6.61 Å². The van der Waals surface area contributed by atoms with Crippen LogP contribution in [0, 0.1) is 12.7 Å². The third-order valence-electron chi connectivity index (χ3n) is 2.03. The largest absolute Gasteiger partial charge is 0.494 e. The molecule has 0 atom stereocenters. The van der Waals surface area contributed by atoms with E-state index in [-0.39, 0.29) is 11.2 Å². The second-order valence-corrected chi connectivity index (χ2v) is 3.36. The van der Waals surface area contributed by atoms with Crippen molar-refractivity contribution in [2.24, 2.45) is 0 Å². The molecule has 0 aliphatic carbocycles. The Labute approximate surface area is 88.7 Å². The second-order valence-electron chi connectivity index (χ2n) is 3.36. The third kappa shape index (κ3) is 2.94. The van der Waals surface area contributed by atoms with E-state index in [1.54, 1.807) is 6.92 Å². The molecule has 0 aromatic heterocycles. The van der Waals surface area contributed by atoms with Crippen LogP contribution in [-0.4, -0.2) is 23.8 Å². The maximum absolute atomic E-state index is 13.2. The molecule has 0 fully saturated rings. The smallest absolute Gasteiger partial charge is 0.492 e. The van der Waals surface area contributed by atoms with Gasteiger partial charge in [-0.3, -0.25) is 0 Å². The highest BCUT2D eigenvalue weighted by atomic mass is 19.1. The molecule has 1 aromatic carbocycles. The van der Waals surface area contributed by atoms with E-state index in [1.807, 2.05) is 6.92 Å². The Morgan fingerprint density at radius 1 is 1.40 bits per heavy atom. The molecule has 0 bridgehead atoms. The minimum Gasteiger partial charge on any atom is -0.494 e. The van der Waals surface area contributed by atoms with Crippen LogP contribution in [0.4, 0.5) is 4.39 Å². The van der Waals surface area contributed by atoms with Crippen molar-refractivity contribution in [3.05, 3.63) is 23.5 Å². The highest BCUT2D eigenvalue weighted by Crippen LogP contribution is 2.14. The van der Waals surface area contributed by atoms with E-state index >= 15 is 0 Å². The Bertz CT molecular complexity index is 342. The molecule has 0 saturated heterocycles. The summed E-state index contributed by atoms with van der Waals surface area (Å²) in [6, 6.07) is 2.56. The Kier molecular flexibility index (Phi) is 4.11. The third-order valence-corrected chi connectivity index (χ3v) is 2.03. The highest BCUT2D eigenvalue weighted by molar-refractivity contribution is 6.59. The number of ether oxygens (including phenoxy) is 1. The molecular weight excluding hydrogens is 198 g/mol. The molecule has 0 amide bonds. The molecule has 0 aliphatic rings. The van der Waals surface area contributed by atoms with Crippen molar-refractivity contribution in [3.8, 4) is 5.75 Å². The molecule has 0 unspecified atom stereocenters. The van der Waals surface area contributed by atoms with Crippen molar-refractivity contribution in [2.75, 3.05) is 6.61 Å². The predicted molar refractivity (Wildman–Crippen MR) is 56.7 cm³/mol. The average Bonchev–Trinajstić information content (AvgIpc) is 2.19. The number of benzene rings is 1. The number of halogens is 1. The molecule has 15 heavy (non-hydrogen) atoms. The van der Waals surface area contributed by atoms with Gasteiger partial charge in [0.1, 0.15) is 11.6 Å². The van der Waals surface area contributed by atoms with Gasteiger partial charge in [0.25, 0.3) is 0 Å². The summed E-state index contributed by atoms with van der Waals surface area (Å²) >= 11 is 0. The maximum Gasteiger partial charge on any atom is 0.492 e. The fraction of sp³-hybridized carbons (Fsp3) is 0.400. The normalized spacial score (nSPS) is 10.2. The van der Waals surface area contributed by atoms with Gasteiger partial charge >= 0.3 is 7.12 Å². The minimum atomic E-state index is -1.64. The van der Waals surface area contributed by atoms with Gasteiger partial charge < -0.3 is 14.8 Å². The first-order valence-electron chi connectivity index (χ1n) is 4.85. The average molecular weight is 212 g/mol. The molecule has 1 aromatic rings. The molecule has 0 aliphatic heterocycles. The van der Waals surface area contributed by atoms with Gasteiger partial charge in [-0.1, -0.05) is 13.0 Å². The first kappa shape index (κ1) is 12.0. The zero-order chi connectivity index (χ0) is 11.4. The summed E-state index contributed by atoms with van der Waals surface area (Å²) in [6.45, 7) is 3.90. The Balaban J connectivity index is 3.04. The first-order chi connectivity index (χ1) is 7.06. The van der Waals surface area contributed by atoms with Crippen molar-refractivity contribution in [1.29, 1.82) is 0 Å². The van der Waals surface area contributed by atoms with Gasteiger partial charge in [-0.2, -0.15) is 0 Å². The summed E-state index contributed by atoms with van der Waals surface area (Å²) in [7, 11) is -1.64. The molecule has 0 heterocycles. The number of hydrogen-bond donors (Lipinski definition) is 2. The molecule has 5 heteroatoms. The topological polar surface area (TPSA) is 49.7 Å². The monoisotopic (exact) mass is 212 g/mol. The standard InChI is InChI=1S/C10H14BFO3/c1-3-4-15-10-6-9(12)7(2)5-8(10)11(13)14/h5-6,13-14H,3-4H2,1-2H3. The van der Waals surface area contributed by atoms with Crippen LogP contribution in [-0.2, 0) is 0 Å². The van der Waals surface area contributed by atoms with Gasteiger partial charge in [0, 0.05) is 11.5 Å². The predicted octanol–water partition coefficient (Wildman–Crippen LogP) is 0.603. The lowest BCUT2D eigenvalue weighted by molar-refractivity contribution is 0.316. The molecule has 2 N–H and O–H groups in total. The lowest BCUT2D eigenvalue weighted by Gasteiger charge is -2.11. The SMILES string of the molecule is CCCOc1cc(F)c(C)cc1B(O)O. The van der Waals surface area contributed by atoms with Gasteiger partial charge in [0.2, 0.25) is 0 Å². The number of rotatable bonds is 4. The molecule has 1 rings (SSSR count). The zero-order valence-electron chi connectivity index (χ0n) is 8.83. The molecular formula is C10H14BFO3. The van der Waals surface area contributed by atoms with Crippen LogP contribution >= 0.6 is 0 Å². The maximum atomic E-state index is 13.2. The summed E-state index contributed by atoms with van der Waals surface area (Å²) in [5, 5.41) is 18.1. The Morgan fingerprint density at radius 3 is 2.60 bits per heavy atom. The van der Waals surface area contributed by atoms with E-state index in [4.69, 9.17) is 14.8 Å². The molecule has 0 radical (unpaired) electrons. The lowest BCUT2D eigenvalue weighted by Crippen LogP contribution is -2.32. The van der Waals surface area contributed by atoms with Crippen LogP contribution in [0.1, 0.15) is 18.9 Å². The zero-order valence-corrected chi connectivity index (χ0v) is 8.83. The minimum absolute atomic E-state index is 0.190. The lowest BCUT2D eigenvalue weighted by atomic mass is 9.78. The Hall–Kier alpha value is -1.07. The summed E-state index contributed by atoms with van der Waals surface area (Å²) in [6.07, 6.45) is 0.774. The van der Waals surface area contributed by atoms with E-state index in [0.29, 0.717) is 12.2 Å². The second kappa shape index (κ2) is 5.14. The van der Waals surface area contributed by atoms with Crippen molar-refractivity contribution in [1.82, 2.24) is 0 Å². The fourth-order valence-corrected chi connectivity index (χ4v) is 1.22. The van der Waals surface area contributed by atoms with Crippen molar-refractivity contribution < 1.29 is 19.2 Å². The van der Waals surface area contributed by atoms with Gasteiger partial charge in [0.15, 0.2) is 0 Å². The van der Waals surface area contributed by atoms with E-state index in [0.717, 1.165) is 6.42 Å². The van der Waals surface area contributed by atoms with Crippen molar-refractivity contribution in [3.63, 3.8) is 0 Å². The molecule has 0 saturated carbocycles. The summed E-state index contributed by atoms with van der Waals surface area (Å²) < 4.78 is 18.4. The molecule has 3 nitrogen and oxygen atoms in total. The van der Waals surface area contributed by atoms with Crippen LogP contribution in [0.2, 0.25) is 0 Å². The van der Waals surface area contributed by atoms with E-state index in [2.05, 4.69) is 0 Å². The quantitative estimate of drug-likeness (QED) is 0.718. The first-order valence-corrected chi connectivity index (χ1v) is 4.85. The number of aryl methyl sites for hydroxylation is 1. The van der Waals surface area contributed by atoms with Crippen molar-refractivity contribution >= 4 is 12.6 Å². The van der Waals surface area contributed by atoms with Crippen LogP contribution in [0.3, 0.4) is 0 Å². The Morgan fingerprint density at radius 2 is 2.07 bits per heavy atom. The van der Waals surface area contributed by atoms with Crippen LogP contribution < -0.4 is 10.2 Å². The molecule has 0 spiro atoms. The van der Waals surface area contributed by atoms with Crippen LogP contribution in [0.25, 0.3) is 0 Å². The van der Waals surface area contributed by atoms with Crippen LogP contribution in [0.15, 0.2) is 12.1 Å². The number of hydrogen-bond acceptors (Lipinski definition) is 3. The van der Waals surface area contributed by atoms with Crippen molar-refractivity contribution in [2.45, 2.75) is 20.3 Å². The molecule has 82 valence electrons. The fourth-order valence-electron chi connectivity index (χ4n) is 1.22. The summed E-state index contributed by atoms with van der Waals surface area (Å²) in [4.78, 5) is 0. The highest BCUT2D eigenvalue weighted by Gasteiger charge is 2.19. The van der Waals surface area contributed by atoms with E-state index in [9.17, 15) is 4.39 Å². The van der Waals surface area contributed by atoms with Gasteiger partial charge in [-0.25, -0.2) is 4.39 Å². The van der Waals surface area contributed by atoms with Crippen LogP contribution in [0.5, 0.6) is 5.75 Å². The van der Waals surface area contributed by atoms with Gasteiger partial charge in [-0.05, 0) is 18.9 Å². The summed E-state index contributed by atoms with van der Waals surface area (Å²) in [5.74, 6) is -0.222. The van der Waals surface area contributed by atoms with E-state index in [1.165, 1.54) is 12.1 Å². The van der Waals surface area contributed by atoms with E-state index < -0.39 is 12.9 Å². The van der Waals surface area contributed by atoms with Gasteiger partial charge in [-0.15, -0.1) is 0 Å². The summed E-state index contributed by atoms with van der Waals surface area (Å²) in [5.41, 5.74) is 0.560.